The molecule has 0 fully saturated rings. The summed E-state index contributed by atoms with van der Waals surface area (Å²) in [7, 11) is 0. The van der Waals surface area contributed by atoms with Gasteiger partial charge in [-0.3, -0.25) is 0 Å². The minimum atomic E-state index is 0.0176. The molecule has 1 aliphatic carbocycles. The predicted molar refractivity (Wildman–Crippen MR) is 109 cm³/mol. The predicted octanol–water partition coefficient (Wildman–Crippen LogP) is 7.35. The highest BCUT2D eigenvalue weighted by atomic mass is 79.9. The van der Waals surface area contributed by atoms with Crippen molar-refractivity contribution in [1.82, 2.24) is 0 Å². The van der Waals surface area contributed by atoms with Gasteiger partial charge in [0.25, 0.3) is 0 Å². The highest BCUT2D eigenvalue weighted by Gasteiger charge is 2.41. The van der Waals surface area contributed by atoms with Gasteiger partial charge in [0.1, 0.15) is 0 Å². The van der Waals surface area contributed by atoms with Crippen LogP contribution in [0, 0.1) is 0 Å². The van der Waals surface area contributed by atoms with Crippen LogP contribution >= 0.6 is 15.9 Å². The summed E-state index contributed by atoms with van der Waals surface area (Å²) in [6.45, 7) is 18.7. The molecule has 0 nitrogen and oxygen atoms in total. The molecule has 1 heteroatoms. The maximum atomic E-state index is 3.81. The van der Waals surface area contributed by atoms with Crippen molar-refractivity contribution in [2.75, 3.05) is 0 Å². The van der Waals surface area contributed by atoms with Gasteiger partial charge in [0, 0.05) is 9.89 Å². The molecule has 0 atom stereocenters. The Balaban J connectivity index is 2.47. The number of halogens is 1. The second-order valence-corrected chi connectivity index (χ2v) is 10.6. The molecule has 0 amide bonds. The van der Waals surface area contributed by atoms with Crippen LogP contribution in [-0.2, 0) is 16.2 Å². The van der Waals surface area contributed by atoms with Gasteiger partial charge in [-0.2, -0.15) is 0 Å². The molecule has 0 aliphatic heterocycles. The zero-order chi connectivity index (χ0) is 18.1. The summed E-state index contributed by atoms with van der Waals surface area (Å²) >= 11 is 3.81. The molecule has 2 aromatic carbocycles. The Bertz CT molecular complexity index is 811. The Morgan fingerprint density at radius 1 is 0.792 bits per heavy atom. The van der Waals surface area contributed by atoms with E-state index in [9.17, 15) is 0 Å². The topological polar surface area (TPSA) is 0 Å². The van der Waals surface area contributed by atoms with Gasteiger partial charge in [-0.15, -0.1) is 0 Å². The molecule has 128 valence electrons. The van der Waals surface area contributed by atoms with E-state index in [1.807, 2.05) is 0 Å². The molecule has 3 rings (SSSR count). The van der Waals surface area contributed by atoms with Gasteiger partial charge >= 0.3 is 0 Å². The van der Waals surface area contributed by atoms with Crippen LogP contribution in [0.5, 0.6) is 0 Å². The molecular formula is C23H29Br. The minimum Gasteiger partial charge on any atom is -0.0605 e. The third-order valence-electron chi connectivity index (χ3n) is 5.37. The van der Waals surface area contributed by atoms with Crippen LogP contribution in [-0.4, -0.2) is 0 Å². The first-order valence-electron chi connectivity index (χ1n) is 8.84. The lowest BCUT2D eigenvalue weighted by molar-refractivity contribution is 0.545. The summed E-state index contributed by atoms with van der Waals surface area (Å²) in [6.07, 6.45) is 0. The van der Waals surface area contributed by atoms with Gasteiger partial charge in [-0.05, 0) is 50.3 Å². The number of hydrogen-bond acceptors (Lipinski definition) is 0. The Labute approximate surface area is 155 Å². The third-order valence-corrected chi connectivity index (χ3v) is 6.03. The van der Waals surface area contributed by atoms with Gasteiger partial charge in [0.05, 0.1) is 0 Å². The molecule has 0 aromatic heterocycles. The summed E-state index contributed by atoms with van der Waals surface area (Å²) in [6, 6.07) is 11.5. The Morgan fingerprint density at radius 3 is 1.96 bits per heavy atom. The van der Waals surface area contributed by atoms with Gasteiger partial charge in [-0.1, -0.05) is 95.6 Å². The molecule has 0 heterocycles. The standard InChI is InChI=1S/C23H29Br/c1-21(2,3)14-12-16-15-10-9-11-18(24)20(15)23(7,8)19(16)17(13-14)22(4,5)6/h9-13H,1-8H3. The lowest BCUT2D eigenvalue weighted by Gasteiger charge is -2.33. The van der Waals surface area contributed by atoms with Crippen LogP contribution in [0.15, 0.2) is 34.8 Å². The van der Waals surface area contributed by atoms with Crippen molar-refractivity contribution in [1.29, 1.82) is 0 Å². The fourth-order valence-electron chi connectivity index (χ4n) is 4.06. The van der Waals surface area contributed by atoms with E-state index >= 15 is 0 Å². The van der Waals surface area contributed by atoms with Crippen molar-refractivity contribution in [3.63, 3.8) is 0 Å². The van der Waals surface area contributed by atoms with Crippen molar-refractivity contribution < 1.29 is 0 Å². The molecule has 0 saturated carbocycles. The number of benzene rings is 2. The second kappa shape index (κ2) is 5.21. The minimum absolute atomic E-state index is 0.0176. The van der Waals surface area contributed by atoms with E-state index in [-0.39, 0.29) is 16.2 Å². The zero-order valence-corrected chi connectivity index (χ0v) is 17.9. The Hall–Kier alpha value is -1.08. The van der Waals surface area contributed by atoms with E-state index in [0.29, 0.717) is 0 Å². The first-order valence-corrected chi connectivity index (χ1v) is 9.63. The van der Waals surface area contributed by atoms with E-state index in [2.05, 4.69) is 102 Å². The molecule has 0 bridgehead atoms. The number of rotatable bonds is 0. The molecule has 0 N–H and O–H groups in total. The van der Waals surface area contributed by atoms with Gasteiger partial charge in [0.2, 0.25) is 0 Å². The number of fused-ring (bicyclic) bond motifs is 3. The van der Waals surface area contributed by atoms with Gasteiger partial charge in [-0.25, -0.2) is 0 Å². The highest BCUT2D eigenvalue weighted by molar-refractivity contribution is 9.10. The largest absolute Gasteiger partial charge is 0.0605 e. The maximum absolute atomic E-state index is 3.81. The molecule has 2 aromatic rings. The average molecular weight is 385 g/mol. The van der Waals surface area contributed by atoms with Crippen LogP contribution in [0.25, 0.3) is 11.1 Å². The molecule has 24 heavy (non-hydrogen) atoms. The molecular weight excluding hydrogens is 356 g/mol. The van der Waals surface area contributed by atoms with E-state index in [1.54, 1.807) is 0 Å². The SMILES string of the molecule is CC(C)(C)c1cc2c(c(C(C)(C)C)c1)C(C)(C)c1c(Br)cccc1-2. The first-order chi connectivity index (χ1) is 10.8. The molecule has 0 radical (unpaired) electrons. The van der Waals surface area contributed by atoms with Crippen LogP contribution in [0.2, 0.25) is 0 Å². The lowest BCUT2D eigenvalue weighted by Crippen LogP contribution is -2.25. The summed E-state index contributed by atoms with van der Waals surface area (Å²) in [5.74, 6) is 0. The summed E-state index contributed by atoms with van der Waals surface area (Å²) in [5.41, 5.74) is 8.94. The van der Waals surface area contributed by atoms with Crippen LogP contribution in [0.3, 0.4) is 0 Å². The summed E-state index contributed by atoms with van der Waals surface area (Å²) in [4.78, 5) is 0. The van der Waals surface area contributed by atoms with E-state index in [1.165, 1.54) is 37.9 Å². The first kappa shape index (κ1) is 17.7. The van der Waals surface area contributed by atoms with Crippen molar-refractivity contribution in [3.8, 4) is 11.1 Å². The molecule has 1 aliphatic rings. The molecule has 0 saturated heterocycles. The van der Waals surface area contributed by atoms with Crippen LogP contribution in [0.4, 0.5) is 0 Å². The van der Waals surface area contributed by atoms with Crippen molar-refractivity contribution >= 4 is 15.9 Å². The highest BCUT2D eigenvalue weighted by Crippen LogP contribution is 2.55. The van der Waals surface area contributed by atoms with Crippen LogP contribution in [0.1, 0.15) is 77.6 Å². The second-order valence-electron chi connectivity index (χ2n) is 9.73. The van der Waals surface area contributed by atoms with Gasteiger partial charge < -0.3 is 0 Å². The molecule has 0 unspecified atom stereocenters. The summed E-state index contributed by atoms with van der Waals surface area (Å²) in [5, 5.41) is 0. The van der Waals surface area contributed by atoms with Crippen molar-refractivity contribution in [3.05, 3.63) is 57.1 Å². The quantitative estimate of drug-likeness (QED) is 0.445. The van der Waals surface area contributed by atoms with E-state index in [4.69, 9.17) is 0 Å². The summed E-state index contributed by atoms with van der Waals surface area (Å²) < 4.78 is 1.22. The Kier molecular flexibility index (Phi) is 3.85. The average Bonchev–Trinajstić information content (AvgIpc) is 2.66. The Morgan fingerprint density at radius 2 is 1.42 bits per heavy atom. The maximum Gasteiger partial charge on any atom is 0.0222 e. The fraction of sp³-hybridized carbons (Fsp3) is 0.478. The van der Waals surface area contributed by atoms with Crippen LogP contribution < -0.4 is 0 Å². The number of hydrogen-bond donors (Lipinski definition) is 0. The van der Waals surface area contributed by atoms with E-state index < -0.39 is 0 Å². The monoisotopic (exact) mass is 384 g/mol. The molecule has 0 spiro atoms. The van der Waals surface area contributed by atoms with E-state index in [0.717, 1.165) is 0 Å². The van der Waals surface area contributed by atoms with Crippen molar-refractivity contribution in [2.45, 2.75) is 71.6 Å². The van der Waals surface area contributed by atoms with Crippen molar-refractivity contribution in [2.24, 2.45) is 0 Å². The normalized spacial score (nSPS) is 16.0. The lowest BCUT2D eigenvalue weighted by atomic mass is 9.71. The zero-order valence-electron chi connectivity index (χ0n) is 16.3. The smallest absolute Gasteiger partial charge is 0.0222 e. The fourth-order valence-corrected chi connectivity index (χ4v) is 4.92. The van der Waals surface area contributed by atoms with Gasteiger partial charge in [0.15, 0.2) is 0 Å². The third kappa shape index (κ3) is 2.56.